The van der Waals surface area contributed by atoms with E-state index in [0.29, 0.717) is 17.8 Å². The van der Waals surface area contributed by atoms with Crippen molar-refractivity contribution in [2.45, 2.75) is 49.0 Å². The molecule has 1 aromatic carbocycles. The number of aliphatic hydroxyl groups is 1. The van der Waals surface area contributed by atoms with Gasteiger partial charge in [-0.3, -0.25) is 0 Å². The van der Waals surface area contributed by atoms with Crippen molar-refractivity contribution < 1.29 is 5.11 Å². The predicted molar refractivity (Wildman–Crippen MR) is 89.5 cm³/mol. The van der Waals surface area contributed by atoms with Gasteiger partial charge in [0.25, 0.3) is 0 Å². The lowest BCUT2D eigenvalue weighted by Gasteiger charge is -2.62. The highest BCUT2D eigenvalue weighted by molar-refractivity contribution is 6.24. The van der Waals surface area contributed by atoms with Gasteiger partial charge in [0.05, 0.1) is 5.60 Å². The van der Waals surface area contributed by atoms with Crippen LogP contribution in [-0.2, 0) is 6.42 Å². The van der Waals surface area contributed by atoms with Crippen LogP contribution in [0.2, 0.25) is 0 Å². The molecule has 0 saturated heterocycles. The Balaban J connectivity index is 0.000000807. The maximum atomic E-state index is 11.1. The highest BCUT2D eigenvalue weighted by Crippen LogP contribution is 2.62. The molecule has 0 spiro atoms. The molecule has 5 rings (SSSR count). The van der Waals surface area contributed by atoms with E-state index in [1.165, 1.54) is 12.0 Å². The molecule has 5 atom stereocenters. The van der Waals surface area contributed by atoms with Crippen LogP contribution in [0.3, 0.4) is 0 Å². The normalized spacial score (nSPS) is 43.0. The van der Waals surface area contributed by atoms with Gasteiger partial charge in [-0.1, -0.05) is 30.3 Å². The van der Waals surface area contributed by atoms with E-state index < -0.39 is 5.60 Å². The van der Waals surface area contributed by atoms with E-state index >= 15 is 0 Å². The molecule has 4 fully saturated rings. The molecule has 2 nitrogen and oxygen atoms in total. The number of hydrogen-bond acceptors (Lipinski definition) is 2. The second-order valence-electron chi connectivity index (χ2n) is 7.20. The summed E-state index contributed by atoms with van der Waals surface area (Å²) in [7, 11) is 0. The molecule has 4 saturated carbocycles. The third kappa shape index (κ3) is 2.84. The van der Waals surface area contributed by atoms with Gasteiger partial charge >= 0.3 is 0 Å². The largest absolute Gasteiger partial charge is 0.390 e. The van der Waals surface area contributed by atoms with E-state index in [-0.39, 0.29) is 23.4 Å². The first kappa shape index (κ1) is 17.1. The number of alkyl halides is 1. The predicted octanol–water partition coefficient (Wildman–Crippen LogP) is 4.36. The van der Waals surface area contributed by atoms with Crippen LogP contribution < -0.4 is 6.15 Å². The van der Waals surface area contributed by atoms with Gasteiger partial charge in [-0.25, -0.2) is 0 Å². The van der Waals surface area contributed by atoms with Crippen LogP contribution in [0.25, 0.3) is 0 Å². The molecule has 4 heteroatoms. The molecule has 0 aliphatic heterocycles. The lowest BCUT2D eigenvalue weighted by molar-refractivity contribution is -0.163. The molecule has 0 heterocycles. The Kier molecular flexibility index (Phi) is 4.66. The van der Waals surface area contributed by atoms with E-state index in [2.05, 4.69) is 30.3 Å². The molecule has 1 aromatic rings. The molecule has 0 amide bonds. The molecule has 0 aromatic heterocycles. The average molecular weight is 330 g/mol. The van der Waals surface area contributed by atoms with E-state index in [0.717, 1.165) is 32.1 Å². The van der Waals surface area contributed by atoms with Crippen molar-refractivity contribution in [2.75, 3.05) is 0 Å². The van der Waals surface area contributed by atoms with Crippen LogP contribution in [0.5, 0.6) is 0 Å². The highest BCUT2D eigenvalue weighted by atomic mass is 35.5. The molecule has 0 unspecified atom stereocenters. The van der Waals surface area contributed by atoms with Crippen LogP contribution in [0.4, 0.5) is 0 Å². The van der Waals surface area contributed by atoms with Gasteiger partial charge in [0.15, 0.2) is 0 Å². The van der Waals surface area contributed by atoms with Gasteiger partial charge in [0, 0.05) is 4.87 Å². The quantitative estimate of drug-likeness (QED) is 0.792. The Bertz CT molecular complexity index is 497. The Labute approximate surface area is 138 Å². The Morgan fingerprint density at radius 1 is 1.14 bits per heavy atom. The topological polar surface area (TPSA) is 55.2 Å². The van der Waals surface area contributed by atoms with Crippen LogP contribution >= 0.6 is 24.0 Å². The first-order valence-electron chi connectivity index (χ1n) is 7.52. The van der Waals surface area contributed by atoms with E-state index in [1.807, 2.05) is 0 Å². The van der Waals surface area contributed by atoms with Crippen molar-refractivity contribution in [1.29, 1.82) is 0 Å². The molecule has 4 N–H and O–H groups in total. The monoisotopic (exact) mass is 329 g/mol. The lowest BCUT2D eigenvalue weighted by Crippen LogP contribution is -2.62. The van der Waals surface area contributed by atoms with Crippen molar-refractivity contribution in [3.05, 3.63) is 35.9 Å². The molecular weight excluding hydrogens is 305 g/mol. The Morgan fingerprint density at radius 2 is 1.86 bits per heavy atom. The SMILES string of the molecule is Cl.N.O[C@@]12C[C@@H]3C[C@@H](C[C@@](Cl)(C3)C1)[C@H]2Cc1ccccc1. The minimum Gasteiger partial charge on any atom is -0.390 e. The standard InChI is InChI=1S/C17H21ClO.ClH.H3N/c18-16-8-13-6-14(10-16)15(17(19,9-13)11-16)7-12-4-2-1-3-5-12;;/h1-5,13-15,19H,6-11H2;1H;1H3/t13-,14+,15-,16+,17+;;/m1../s1. The summed E-state index contributed by atoms with van der Waals surface area (Å²) in [6.45, 7) is 0. The van der Waals surface area contributed by atoms with Crippen molar-refractivity contribution in [3.63, 3.8) is 0 Å². The zero-order valence-electron chi connectivity index (χ0n) is 12.3. The van der Waals surface area contributed by atoms with Crippen LogP contribution in [0.1, 0.15) is 37.7 Å². The van der Waals surface area contributed by atoms with Gasteiger partial charge in [-0.05, 0) is 61.8 Å². The summed E-state index contributed by atoms with van der Waals surface area (Å²) in [5, 5.41) is 11.1. The Morgan fingerprint density at radius 3 is 2.48 bits per heavy atom. The van der Waals surface area contributed by atoms with Gasteiger partial charge in [0.2, 0.25) is 0 Å². The van der Waals surface area contributed by atoms with E-state index in [1.54, 1.807) is 0 Å². The zero-order valence-corrected chi connectivity index (χ0v) is 13.9. The number of hydrogen-bond donors (Lipinski definition) is 2. The summed E-state index contributed by atoms with van der Waals surface area (Å²) in [6.07, 6.45) is 6.34. The van der Waals surface area contributed by atoms with Crippen LogP contribution in [0.15, 0.2) is 30.3 Å². The number of halogens is 2. The Hall–Kier alpha value is -0.280. The van der Waals surface area contributed by atoms with Crippen molar-refractivity contribution in [2.24, 2.45) is 17.8 Å². The number of rotatable bonds is 2. The lowest BCUT2D eigenvalue weighted by atomic mass is 9.48. The molecule has 118 valence electrons. The smallest absolute Gasteiger partial charge is 0.0701 e. The molecule has 4 aliphatic carbocycles. The van der Waals surface area contributed by atoms with E-state index in [9.17, 15) is 5.11 Å². The summed E-state index contributed by atoms with van der Waals surface area (Å²) in [4.78, 5) is -0.0895. The summed E-state index contributed by atoms with van der Waals surface area (Å²) < 4.78 is 0. The minimum absolute atomic E-state index is 0. The average Bonchev–Trinajstić information content (AvgIpc) is 2.32. The van der Waals surface area contributed by atoms with Gasteiger partial charge in [-0.2, -0.15) is 0 Å². The first-order chi connectivity index (χ1) is 9.06. The van der Waals surface area contributed by atoms with Gasteiger partial charge in [-0.15, -0.1) is 24.0 Å². The molecule has 21 heavy (non-hydrogen) atoms. The third-order valence-corrected chi connectivity index (χ3v) is 6.18. The van der Waals surface area contributed by atoms with Crippen LogP contribution in [0, 0.1) is 17.8 Å². The molecular formula is C17H25Cl2NO. The molecule has 4 aliphatic rings. The summed E-state index contributed by atoms with van der Waals surface area (Å²) in [5.74, 6) is 1.71. The summed E-state index contributed by atoms with van der Waals surface area (Å²) in [6, 6.07) is 10.6. The fraction of sp³-hybridized carbons (Fsp3) is 0.647. The number of benzene rings is 1. The van der Waals surface area contributed by atoms with Crippen molar-refractivity contribution in [3.8, 4) is 0 Å². The third-order valence-electron chi connectivity index (χ3n) is 5.74. The second kappa shape index (κ2) is 5.73. The first-order valence-corrected chi connectivity index (χ1v) is 7.89. The fourth-order valence-electron chi connectivity index (χ4n) is 5.34. The summed E-state index contributed by atoms with van der Waals surface area (Å²) >= 11 is 6.73. The highest BCUT2D eigenvalue weighted by Gasteiger charge is 2.61. The van der Waals surface area contributed by atoms with Crippen LogP contribution in [-0.4, -0.2) is 15.6 Å². The van der Waals surface area contributed by atoms with Gasteiger partial charge < -0.3 is 11.3 Å². The van der Waals surface area contributed by atoms with Crippen molar-refractivity contribution in [1.82, 2.24) is 6.15 Å². The second-order valence-corrected chi connectivity index (χ2v) is 8.00. The molecule has 4 bridgehead atoms. The molecule has 0 radical (unpaired) electrons. The van der Waals surface area contributed by atoms with Crippen molar-refractivity contribution >= 4 is 24.0 Å². The maximum Gasteiger partial charge on any atom is 0.0701 e. The maximum absolute atomic E-state index is 11.1. The fourth-order valence-corrected chi connectivity index (χ4v) is 5.99. The summed E-state index contributed by atoms with van der Waals surface area (Å²) in [5.41, 5.74) is 0.860. The zero-order chi connectivity index (χ0) is 13.1. The van der Waals surface area contributed by atoms with Gasteiger partial charge in [0.1, 0.15) is 0 Å². The van der Waals surface area contributed by atoms with E-state index in [4.69, 9.17) is 11.6 Å². The minimum atomic E-state index is -0.498.